The van der Waals surface area contributed by atoms with Gasteiger partial charge in [-0.05, 0) is 32.0 Å². The van der Waals surface area contributed by atoms with E-state index in [2.05, 4.69) is 15.5 Å². The van der Waals surface area contributed by atoms with E-state index in [4.69, 9.17) is 0 Å². The van der Waals surface area contributed by atoms with Crippen molar-refractivity contribution in [2.24, 2.45) is 0 Å². The zero-order valence-corrected chi connectivity index (χ0v) is 10.6. The molecule has 0 unspecified atom stereocenters. The fourth-order valence-electron chi connectivity index (χ4n) is 1.77. The number of halogens is 2. The maximum absolute atomic E-state index is 13.4. The van der Waals surface area contributed by atoms with Crippen LogP contribution in [0, 0.1) is 25.5 Å². The summed E-state index contributed by atoms with van der Waals surface area (Å²) in [5.41, 5.74) is 2.12. The third kappa shape index (κ3) is 2.78. The first-order chi connectivity index (χ1) is 8.99. The molecule has 0 aliphatic carbocycles. The molecule has 0 fully saturated rings. The Morgan fingerprint density at radius 2 is 2.11 bits per heavy atom. The Bertz CT molecular complexity index is 603. The number of H-pyrrole nitrogens is 1. The Kier molecular flexibility index (Phi) is 3.59. The number of hydrogen-bond acceptors (Lipinski definition) is 2. The van der Waals surface area contributed by atoms with Gasteiger partial charge in [0.15, 0.2) is 0 Å². The molecule has 1 aromatic heterocycles. The normalized spacial score (nSPS) is 10.5. The van der Waals surface area contributed by atoms with Gasteiger partial charge in [-0.3, -0.25) is 9.89 Å². The minimum absolute atomic E-state index is 0.211. The van der Waals surface area contributed by atoms with Crippen molar-refractivity contribution in [2.45, 2.75) is 20.4 Å². The number of aryl methyl sites for hydroxylation is 2. The molecule has 0 saturated carbocycles. The lowest BCUT2D eigenvalue weighted by atomic mass is 10.1. The van der Waals surface area contributed by atoms with Crippen molar-refractivity contribution in [3.8, 4) is 0 Å². The van der Waals surface area contributed by atoms with Crippen molar-refractivity contribution in [3.63, 3.8) is 0 Å². The van der Waals surface area contributed by atoms with Gasteiger partial charge in [-0.1, -0.05) is 0 Å². The highest BCUT2D eigenvalue weighted by Crippen LogP contribution is 2.12. The Balaban J connectivity index is 2.12. The summed E-state index contributed by atoms with van der Waals surface area (Å²) in [4.78, 5) is 11.8. The van der Waals surface area contributed by atoms with Gasteiger partial charge in [0.05, 0.1) is 11.3 Å². The highest BCUT2D eigenvalue weighted by atomic mass is 19.1. The lowest BCUT2D eigenvalue weighted by Gasteiger charge is -2.06. The summed E-state index contributed by atoms with van der Waals surface area (Å²) < 4.78 is 26.4. The maximum Gasteiger partial charge on any atom is 0.254 e. The number of carbonyl (C=O) groups is 1. The highest BCUT2D eigenvalue weighted by Gasteiger charge is 2.14. The smallest absolute Gasteiger partial charge is 0.254 e. The van der Waals surface area contributed by atoms with Gasteiger partial charge >= 0.3 is 0 Å². The number of hydrogen-bond donors (Lipinski definition) is 2. The van der Waals surface area contributed by atoms with Crippen molar-refractivity contribution < 1.29 is 13.6 Å². The van der Waals surface area contributed by atoms with Gasteiger partial charge in [0.25, 0.3) is 5.91 Å². The largest absolute Gasteiger partial charge is 0.348 e. The topological polar surface area (TPSA) is 57.8 Å². The summed E-state index contributed by atoms with van der Waals surface area (Å²) in [5.74, 6) is -2.06. The molecule has 2 N–H and O–H groups in total. The Labute approximate surface area is 108 Å². The van der Waals surface area contributed by atoms with E-state index in [9.17, 15) is 13.6 Å². The standard InChI is InChI=1S/C13H13F2N3O/c1-7-11(8(2)18-17-7)6-16-13(19)10-5-9(14)3-4-12(10)15/h3-5H,6H2,1-2H3,(H,16,19)(H,17,18). The van der Waals surface area contributed by atoms with E-state index < -0.39 is 17.5 Å². The molecule has 0 radical (unpaired) electrons. The molecule has 2 rings (SSSR count). The van der Waals surface area contributed by atoms with Gasteiger partial charge < -0.3 is 5.32 Å². The summed E-state index contributed by atoms with van der Waals surface area (Å²) in [5, 5.41) is 9.32. The summed E-state index contributed by atoms with van der Waals surface area (Å²) in [7, 11) is 0. The number of aromatic nitrogens is 2. The fraction of sp³-hybridized carbons (Fsp3) is 0.231. The summed E-state index contributed by atoms with van der Waals surface area (Å²) in [6, 6.07) is 2.77. The second-order valence-corrected chi connectivity index (χ2v) is 4.22. The molecule has 100 valence electrons. The molecule has 1 aromatic carbocycles. The van der Waals surface area contributed by atoms with Gasteiger partial charge in [-0.25, -0.2) is 8.78 Å². The van der Waals surface area contributed by atoms with Crippen molar-refractivity contribution in [3.05, 3.63) is 52.3 Å². The van der Waals surface area contributed by atoms with Crippen LogP contribution in [0.5, 0.6) is 0 Å². The molecule has 19 heavy (non-hydrogen) atoms. The molecular formula is C13H13F2N3O. The number of benzene rings is 1. The van der Waals surface area contributed by atoms with Crippen molar-refractivity contribution >= 4 is 5.91 Å². The van der Waals surface area contributed by atoms with Crippen LogP contribution in [-0.4, -0.2) is 16.1 Å². The second-order valence-electron chi connectivity index (χ2n) is 4.22. The summed E-state index contributed by atoms with van der Waals surface area (Å²) in [6.45, 7) is 3.83. The fourth-order valence-corrected chi connectivity index (χ4v) is 1.77. The van der Waals surface area contributed by atoms with Crippen LogP contribution >= 0.6 is 0 Å². The van der Waals surface area contributed by atoms with Crippen LogP contribution in [0.15, 0.2) is 18.2 Å². The van der Waals surface area contributed by atoms with Crippen LogP contribution in [-0.2, 0) is 6.54 Å². The molecule has 6 heteroatoms. The maximum atomic E-state index is 13.4. The average molecular weight is 265 g/mol. The van der Waals surface area contributed by atoms with Gasteiger partial charge in [0.1, 0.15) is 11.6 Å². The zero-order chi connectivity index (χ0) is 14.0. The van der Waals surface area contributed by atoms with E-state index in [0.717, 1.165) is 35.2 Å². The molecular weight excluding hydrogens is 252 g/mol. The number of carbonyl (C=O) groups excluding carboxylic acids is 1. The van der Waals surface area contributed by atoms with Crippen LogP contribution in [0.25, 0.3) is 0 Å². The monoisotopic (exact) mass is 265 g/mol. The Morgan fingerprint density at radius 1 is 1.37 bits per heavy atom. The first kappa shape index (κ1) is 13.2. The molecule has 0 saturated heterocycles. The van der Waals surface area contributed by atoms with Crippen LogP contribution in [0.2, 0.25) is 0 Å². The van der Waals surface area contributed by atoms with Crippen LogP contribution < -0.4 is 5.32 Å². The van der Waals surface area contributed by atoms with E-state index in [-0.39, 0.29) is 12.1 Å². The third-order valence-electron chi connectivity index (χ3n) is 2.88. The van der Waals surface area contributed by atoms with E-state index >= 15 is 0 Å². The second kappa shape index (κ2) is 5.17. The van der Waals surface area contributed by atoms with Crippen molar-refractivity contribution in [1.29, 1.82) is 0 Å². The van der Waals surface area contributed by atoms with Crippen molar-refractivity contribution in [2.75, 3.05) is 0 Å². The van der Waals surface area contributed by atoms with Crippen LogP contribution in [0.1, 0.15) is 27.3 Å². The molecule has 0 bridgehead atoms. The first-order valence-corrected chi connectivity index (χ1v) is 5.72. The molecule has 0 aliphatic rings. The molecule has 0 atom stereocenters. The Morgan fingerprint density at radius 3 is 2.74 bits per heavy atom. The number of amides is 1. The number of aromatic amines is 1. The Hall–Kier alpha value is -2.24. The van der Waals surface area contributed by atoms with Crippen molar-refractivity contribution in [1.82, 2.24) is 15.5 Å². The van der Waals surface area contributed by atoms with Gasteiger partial charge in [0, 0.05) is 17.8 Å². The highest BCUT2D eigenvalue weighted by molar-refractivity contribution is 5.94. The first-order valence-electron chi connectivity index (χ1n) is 5.72. The third-order valence-corrected chi connectivity index (χ3v) is 2.88. The quantitative estimate of drug-likeness (QED) is 0.894. The molecule has 2 aromatic rings. The molecule has 1 heterocycles. The predicted octanol–water partition coefficient (Wildman–Crippen LogP) is 2.23. The summed E-state index contributed by atoms with van der Waals surface area (Å²) >= 11 is 0. The average Bonchev–Trinajstić information content (AvgIpc) is 2.69. The molecule has 4 nitrogen and oxygen atoms in total. The number of rotatable bonds is 3. The van der Waals surface area contributed by atoms with Gasteiger partial charge in [-0.2, -0.15) is 5.10 Å². The van der Waals surface area contributed by atoms with Crippen LogP contribution in [0.3, 0.4) is 0 Å². The van der Waals surface area contributed by atoms with E-state index in [1.165, 1.54) is 0 Å². The van der Waals surface area contributed by atoms with E-state index in [1.54, 1.807) is 6.92 Å². The lowest BCUT2D eigenvalue weighted by molar-refractivity contribution is 0.0946. The number of nitrogens with one attached hydrogen (secondary N) is 2. The molecule has 1 amide bonds. The summed E-state index contributed by atoms with van der Waals surface area (Å²) in [6.07, 6.45) is 0. The van der Waals surface area contributed by atoms with E-state index in [0.29, 0.717) is 0 Å². The molecule has 0 spiro atoms. The minimum Gasteiger partial charge on any atom is -0.348 e. The lowest BCUT2D eigenvalue weighted by Crippen LogP contribution is -2.24. The van der Waals surface area contributed by atoms with Gasteiger partial charge in [0.2, 0.25) is 0 Å². The van der Waals surface area contributed by atoms with Gasteiger partial charge in [-0.15, -0.1) is 0 Å². The molecule has 0 aliphatic heterocycles. The van der Waals surface area contributed by atoms with E-state index in [1.807, 2.05) is 6.92 Å². The zero-order valence-electron chi connectivity index (χ0n) is 10.6. The van der Waals surface area contributed by atoms with Crippen LogP contribution in [0.4, 0.5) is 8.78 Å². The SMILES string of the molecule is Cc1n[nH]c(C)c1CNC(=O)c1cc(F)ccc1F. The predicted molar refractivity (Wildman–Crippen MR) is 65.6 cm³/mol. The minimum atomic E-state index is -0.750. The number of nitrogens with zero attached hydrogens (tertiary/aromatic N) is 1.